The van der Waals surface area contributed by atoms with Crippen LogP contribution in [0.2, 0.25) is 0 Å². The highest BCUT2D eigenvalue weighted by Crippen LogP contribution is 2.28. The van der Waals surface area contributed by atoms with Gasteiger partial charge < -0.3 is 14.5 Å². The number of benzene rings is 2. The highest BCUT2D eigenvalue weighted by Gasteiger charge is 2.25. The van der Waals surface area contributed by atoms with E-state index in [4.69, 9.17) is 4.74 Å². The molecule has 26 heavy (non-hydrogen) atoms. The molecule has 1 fully saturated rings. The topological polar surface area (TPSA) is 58.6 Å². The number of amides is 1. The molecule has 0 unspecified atom stereocenters. The van der Waals surface area contributed by atoms with Crippen molar-refractivity contribution >= 4 is 22.5 Å². The van der Waals surface area contributed by atoms with Gasteiger partial charge in [-0.1, -0.05) is 30.3 Å². The normalized spacial score (nSPS) is 14.5. The molecule has 0 atom stereocenters. The summed E-state index contributed by atoms with van der Waals surface area (Å²) in [5.41, 5.74) is 2.33. The Labute approximate surface area is 152 Å². The van der Waals surface area contributed by atoms with Crippen LogP contribution in [0.15, 0.2) is 54.9 Å². The van der Waals surface area contributed by atoms with Crippen molar-refractivity contribution in [2.24, 2.45) is 0 Å². The van der Waals surface area contributed by atoms with Crippen molar-refractivity contribution in [2.45, 2.75) is 0 Å². The zero-order valence-corrected chi connectivity index (χ0v) is 14.6. The zero-order valence-electron chi connectivity index (χ0n) is 14.6. The fourth-order valence-electron chi connectivity index (χ4n) is 3.37. The van der Waals surface area contributed by atoms with Gasteiger partial charge in [-0.25, -0.2) is 9.97 Å². The quantitative estimate of drug-likeness (QED) is 0.728. The summed E-state index contributed by atoms with van der Waals surface area (Å²) in [4.78, 5) is 25.6. The molecule has 0 N–H and O–H groups in total. The van der Waals surface area contributed by atoms with Crippen LogP contribution in [0.5, 0.6) is 5.75 Å². The molecule has 1 amide bonds. The Balaban J connectivity index is 1.52. The lowest BCUT2D eigenvalue weighted by atomic mass is 10.1. The van der Waals surface area contributed by atoms with E-state index in [0.29, 0.717) is 18.8 Å². The number of hydrogen-bond donors (Lipinski definition) is 0. The molecule has 0 saturated carbocycles. The number of anilines is 1. The lowest BCUT2D eigenvalue weighted by Crippen LogP contribution is -2.49. The van der Waals surface area contributed by atoms with E-state index in [1.165, 1.54) is 6.33 Å². The first-order valence-electron chi connectivity index (χ1n) is 8.65. The Hall–Kier alpha value is -3.15. The van der Waals surface area contributed by atoms with Crippen LogP contribution in [0.4, 0.5) is 5.69 Å². The van der Waals surface area contributed by atoms with Crippen LogP contribution < -0.4 is 9.64 Å². The lowest BCUT2D eigenvalue weighted by molar-refractivity contribution is 0.0743. The maximum atomic E-state index is 13.0. The SMILES string of the molecule is COc1ccccc1N1CCN(C(=O)c2ncnc3ccccc23)CC1. The van der Waals surface area contributed by atoms with Gasteiger partial charge in [-0.15, -0.1) is 0 Å². The molecule has 2 aromatic carbocycles. The molecular weight excluding hydrogens is 328 g/mol. The summed E-state index contributed by atoms with van der Waals surface area (Å²) in [5, 5.41) is 0.798. The van der Waals surface area contributed by atoms with Gasteiger partial charge in [-0.05, 0) is 18.2 Å². The number of ether oxygens (including phenoxy) is 1. The van der Waals surface area contributed by atoms with Gasteiger partial charge in [0.2, 0.25) is 0 Å². The summed E-state index contributed by atoms with van der Waals surface area (Å²) in [6, 6.07) is 15.6. The summed E-state index contributed by atoms with van der Waals surface area (Å²) in [6.45, 7) is 2.81. The molecule has 3 aromatic rings. The van der Waals surface area contributed by atoms with Crippen molar-refractivity contribution in [3.8, 4) is 5.75 Å². The third-order valence-corrected chi connectivity index (χ3v) is 4.74. The van der Waals surface area contributed by atoms with Gasteiger partial charge in [-0.2, -0.15) is 0 Å². The maximum Gasteiger partial charge on any atom is 0.273 e. The summed E-state index contributed by atoms with van der Waals surface area (Å²) in [5.74, 6) is 0.817. The largest absolute Gasteiger partial charge is 0.495 e. The number of carbonyl (C=O) groups is 1. The first-order chi connectivity index (χ1) is 12.8. The van der Waals surface area contributed by atoms with E-state index in [-0.39, 0.29) is 5.91 Å². The number of hydrogen-bond acceptors (Lipinski definition) is 5. The van der Waals surface area contributed by atoms with Crippen LogP contribution in [0.1, 0.15) is 10.5 Å². The lowest BCUT2D eigenvalue weighted by Gasteiger charge is -2.36. The summed E-state index contributed by atoms with van der Waals surface area (Å²) < 4.78 is 5.45. The molecule has 6 nitrogen and oxygen atoms in total. The second kappa shape index (κ2) is 7.00. The van der Waals surface area contributed by atoms with Gasteiger partial charge in [0.05, 0.1) is 18.3 Å². The second-order valence-corrected chi connectivity index (χ2v) is 6.19. The standard InChI is InChI=1S/C20H20N4O2/c1-26-18-9-5-4-8-17(18)23-10-12-24(13-11-23)20(25)19-15-6-2-3-7-16(15)21-14-22-19/h2-9,14H,10-13H2,1H3. The molecule has 2 heterocycles. The Morgan fingerprint density at radius 1 is 0.962 bits per heavy atom. The third kappa shape index (κ3) is 2.94. The molecule has 0 spiro atoms. The molecule has 1 aromatic heterocycles. The van der Waals surface area contributed by atoms with Crippen LogP contribution in [-0.2, 0) is 0 Å². The predicted octanol–water partition coefficient (Wildman–Crippen LogP) is 2.60. The Morgan fingerprint density at radius 2 is 1.69 bits per heavy atom. The molecule has 4 rings (SSSR count). The van der Waals surface area contributed by atoms with Gasteiger partial charge in [0.15, 0.2) is 0 Å². The summed E-state index contributed by atoms with van der Waals surface area (Å²) >= 11 is 0. The van der Waals surface area contributed by atoms with Gasteiger partial charge in [-0.3, -0.25) is 4.79 Å². The molecule has 6 heteroatoms. The first kappa shape index (κ1) is 16.3. The van der Waals surface area contributed by atoms with Crippen molar-refractivity contribution in [1.82, 2.24) is 14.9 Å². The first-order valence-corrected chi connectivity index (χ1v) is 8.65. The predicted molar refractivity (Wildman–Crippen MR) is 101 cm³/mol. The Morgan fingerprint density at radius 3 is 2.50 bits per heavy atom. The van der Waals surface area contributed by atoms with Gasteiger partial charge in [0.1, 0.15) is 17.8 Å². The third-order valence-electron chi connectivity index (χ3n) is 4.74. The van der Waals surface area contributed by atoms with Crippen molar-refractivity contribution < 1.29 is 9.53 Å². The molecule has 0 radical (unpaired) electrons. The minimum atomic E-state index is -0.0386. The molecule has 1 aliphatic rings. The van der Waals surface area contributed by atoms with E-state index in [2.05, 4.69) is 14.9 Å². The highest BCUT2D eigenvalue weighted by atomic mass is 16.5. The number of para-hydroxylation sites is 3. The second-order valence-electron chi connectivity index (χ2n) is 6.19. The number of carbonyl (C=O) groups excluding carboxylic acids is 1. The van der Waals surface area contributed by atoms with E-state index < -0.39 is 0 Å². The number of nitrogens with zero attached hydrogens (tertiary/aromatic N) is 4. The van der Waals surface area contributed by atoms with E-state index in [1.54, 1.807) is 7.11 Å². The van der Waals surface area contributed by atoms with Crippen molar-refractivity contribution in [3.05, 3.63) is 60.6 Å². The number of piperazine rings is 1. The molecule has 1 saturated heterocycles. The molecule has 0 bridgehead atoms. The molecule has 132 valence electrons. The Kier molecular flexibility index (Phi) is 4.39. The number of fused-ring (bicyclic) bond motifs is 1. The molecule has 1 aliphatic heterocycles. The maximum absolute atomic E-state index is 13.0. The van der Waals surface area contributed by atoms with Crippen LogP contribution >= 0.6 is 0 Å². The average molecular weight is 348 g/mol. The van der Waals surface area contributed by atoms with Crippen molar-refractivity contribution in [3.63, 3.8) is 0 Å². The van der Waals surface area contributed by atoms with Crippen LogP contribution in [0, 0.1) is 0 Å². The molecule has 0 aliphatic carbocycles. The minimum absolute atomic E-state index is 0.0386. The van der Waals surface area contributed by atoms with Gasteiger partial charge in [0.25, 0.3) is 5.91 Å². The summed E-state index contributed by atoms with van der Waals surface area (Å²) in [6.07, 6.45) is 1.46. The molecular formula is C20H20N4O2. The smallest absolute Gasteiger partial charge is 0.273 e. The van der Waals surface area contributed by atoms with Crippen LogP contribution in [0.3, 0.4) is 0 Å². The van der Waals surface area contributed by atoms with E-state index in [1.807, 2.05) is 53.4 Å². The number of methoxy groups -OCH3 is 1. The zero-order chi connectivity index (χ0) is 17.9. The minimum Gasteiger partial charge on any atom is -0.495 e. The van der Waals surface area contributed by atoms with E-state index in [9.17, 15) is 4.79 Å². The van der Waals surface area contributed by atoms with E-state index >= 15 is 0 Å². The summed E-state index contributed by atoms with van der Waals surface area (Å²) in [7, 11) is 1.68. The van der Waals surface area contributed by atoms with E-state index in [0.717, 1.165) is 35.4 Å². The van der Waals surface area contributed by atoms with Crippen LogP contribution in [-0.4, -0.2) is 54.1 Å². The average Bonchev–Trinajstić information content (AvgIpc) is 2.73. The fraction of sp³-hybridized carbons (Fsp3) is 0.250. The Bertz CT molecular complexity index is 931. The number of aromatic nitrogens is 2. The monoisotopic (exact) mass is 348 g/mol. The van der Waals surface area contributed by atoms with Crippen molar-refractivity contribution in [1.29, 1.82) is 0 Å². The van der Waals surface area contributed by atoms with Gasteiger partial charge >= 0.3 is 0 Å². The van der Waals surface area contributed by atoms with Crippen LogP contribution in [0.25, 0.3) is 10.9 Å². The van der Waals surface area contributed by atoms with Gasteiger partial charge in [0, 0.05) is 31.6 Å². The van der Waals surface area contributed by atoms with Crippen molar-refractivity contribution in [2.75, 3.05) is 38.2 Å². The number of rotatable bonds is 3. The fourth-order valence-corrected chi connectivity index (χ4v) is 3.37. The highest BCUT2D eigenvalue weighted by molar-refractivity contribution is 6.04.